The number of rotatable bonds is 7. The van der Waals surface area contributed by atoms with Crippen LogP contribution in [0, 0.1) is 20.8 Å². The average molecular weight is 390 g/mol. The zero-order valence-electron chi connectivity index (χ0n) is 17.1. The summed E-state index contributed by atoms with van der Waals surface area (Å²) < 4.78 is 5.32. The molecule has 0 aliphatic rings. The molecule has 0 atom stereocenters. The van der Waals surface area contributed by atoms with Gasteiger partial charge in [-0.1, -0.05) is 41.5 Å². The minimum absolute atomic E-state index is 0.0550. The molecule has 1 heterocycles. The van der Waals surface area contributed by atoms with E-state index in [1.54, 1.807) is 6.92 Å². The molecule has 0 aliphatic carbocycles. The monoisotopic (exact) mass is 390 g/mol. The number of aryl methyl sites for hydroxylation is 4. The standard InChI is InChI=1S/C24H26N2O3/c1-16-4-7-19(8-5-16)9-11-23(27)25-12-13-29-24(28)21-15-20-14-17(2)6-10-22(20)26-18(21)3/h4-8,10,14-15H,9,11-13H2,1-3H3,(H,25,27). The van der Waals surface area contributed by atoms with Crippen molar-refractivity contribution in [3.63, 3.8) is 0 Å². The van der Waals surface area contributed by atoms with Crippen LogP contribution in [-0.4, -0.2) is 30.0 Å². The molecule has 0 unspecified atom stereocenters. The SMILES string of the molecule is Cc1ccc(CCC(=O)NCCOC(=O)c2cc3cc(C)ccc3nc2C)cc1. The Morgan fingerprint density at radius 2 is 1.69 bits per heavy atom. The number of amides is 1. The molecule has 29 heavy (non-hydrogen) atoms. The van der Waals surface area contributed by atoms with Gasteiger partial charge in [-0.2, -0.15) is 0 Å². The number of nitrogens with zero attached hydrogens (tertiary/aromatic N) is 1. The molecular formula is C24H26N2O3. The highest BCUT2D eigenvalue weighted by Gasteiger charge is 2.13. The summed E-state index contributed by atoms with van der Waals surface area (Å²) in [6.07, 6.45) is 1.09. The Labute approximate surface area is 171 Å². The first-order valence-electron chi connectivity index (χ1n) is 9.80. The van der Waals surface area contributed by atoms with Crippen LogP contribution in [0.3, 0.4) is 0 Å². The summed E-state index contributed by atoms with van der Waals surface area (Å²) in [5, 5.41) is 3.70. The highest BCUT2D eigenvalue weighted by molar-refractivity contribution is 5.95. The van der Waals surface area contributed by atoms with Crippen LogP contribution >= 0.6 is 0 Å². The molecule has 0 saturated carbocycles. The fourth-order valence-electron chi connectivity index (χ4n) is 3.11. The lowest BCUT2D eigenvalue weighted by molar-refractivity contribution is -0.121. The van der Waals surface area contributed by atoms with Gasteiger partial charge >= 0.3 is 5.97 Å². The van der Waals surface area contributed by atoms with E-state index in [-0.39, 0.29) is 19.1 Å². The number of fused-ring (bicyclic) bond motifs is 1. The zero-order valence-corrected chi connectivity index (χ0v) is 17.1. The number of hydrogen-bond donors (Lipinski definition) is 1. The number of carbonyl (C=O) groups excluding carboxylic acids is 2. The molecule has 0 fully saturated rings. The van der Waals surface area contributed by atoms with E-state index in [2.05, 4.69) is 10.3 Å². The van der Waals surface area contributed by atoms with Crippen molar-refractivity contribution in [3.05, 3.63) is 76.5 Å². The van der Waals surface area contributed by atoms with E-state index in [0.29, 0.717) is 24.1 Å². The van der Waals surface area contributed by atoms with Crippen LogP contribution < -0.4 is 5.32 Å². The van der Waals surface area contributed by atoms with Crippen LogP contribution in [0.15, 0.2) is 48.5 Å². The number of aromatic nitrogens is 1. The topological polar surface area (TPSA) is 68.3 Å². The fraction of sp³-hybridized carbons (Fsp3) is 0.292. The van der Waals surface area contributed by atoms with Gasteiger partial charge in [0.05, 0.1) is 23.3 Å². The third-order valence-corrected chi connectivity index (χ3v) is 4.80. The van der Waals surface area contributed by atoms with Gasteiger partial charge in [0.25, 0.3) is 0 Å². The molecule has 0 bridgehead atoms. The van der Waals surface area contributed by atoms with Gasteiger partial charge in [-0.15, -0.1) is 0 Å². The number of esters is 1. The average Bonchev–Trinajstić information content (AvgIpc) is 2.70. The second-order valence-corrected chi connectivity index (χ2v) is 7.29. The van der Waals surface area contributed by atoms with E-state index in [0.717, 1.165) is 22.0 Å². The zero-order chi connectivity index (χ0) is 20.8. The molecule has 0 aliphatic heterocycles. The van der Waals surface area contributed by atoms with Crippen molar-refractivity contribution < 1.29 is 14.3 Å². The summed E-state index contributed by atoms with van der Waals surface area (Å²) >= 11 is 0. The first kappa shape index (κ1) is 20.5. The van der Waals surface area contributed by atoms with Gasteiger partial charge in [0.2, 0.25) is 5.91 Å². The van der Waals surface area contributed by atoms with Crippen molar-refractivity contribution >= 4 is 22.8 Å². The molecule has 3 aromatic rings. The summed E-state index contributed by atoms with van der Waals surface area (Å²) in [4.78, 5) is 28.9. The Hall–Kier alpha value is -3.21. The highest BCUT2D eigenvalue weighted by Crippen LogP contribution is 2.18. The maximum Gasteiger partial charge on any atom is 0.340 e. The highest BCUT2D eigenvalue weighted by atomic mass is 16.5. The van der Waals surface area contributed by atoms with Crippen LogP contribution in [0.25, 0.3) is 10.9 Å². The van der Waals surface area contributed by atoms with E-state index in [4.69, 9.17) is 4.74 Å². The van der Waals surface area contributed by atoms with Gasteiger partial charge in [0.1, 0.15) is 6.61 Å². The molecule has 1 amide bonds. The molecule has 3 rings (SSSR count). The Morgan fingerprint density at radius 3 is 2.45 bits per heavy atom. The quantitative estimate of drug-likeness (QED) is 0.488. The van der Waals surface area contributed by atoms with E-state index >= 15 is 0 Å². The summed E-state index contributed by atoms with van der Waals surface area (Å²) in [6, 6.07) is 15.9. The summed E-state index contributed by atoms with van der Waals surface area (Å²) in [7, 11) is 0. The maximum atomic E-state index is 12.4. The number of carbonyl (C=O) groups is 2. The van der Waals surface area contributed by atoms with Gasteiger partial charge in [-0.05, 0) is 51.0 Å². The van der Waals surface area contributed by atoms with Crippen molar-refractivity contribution in [2.75, 3.05) is 13.2 Å². The Kier molecular flexibility index (Phi) is 6.60. The molecule has 0 spiro atoms. The predicted octanol–water partition coefficient (Wildman–Crippen LogP) is 4.07. The molecule has 0 radical (unpaired) electrons. The van der Waals surface area contributed by atoms with E-state index in [9.17, 15) is 9.59 Å². The van der Waals surface area contributed by atoms with Gasteiger partial charge in [0.15, 0.2) is 0 Å². The molecule has 5 heteroatoms. The van der Waals surface area contributed by atoms with Crippen LogP contribution in [0.4, 0.5) is 0 Å². The summed E-state index contributed by atoms with van der Waals surface area (Å²) in [5.74, 6) is -0.479. The van der Waals surface area contributed by atoms with Crippen molar-refractivity contribution in [2.24, 2.45) is 0 Å². The lowest BCUT2D eigenvalue weighted by Crippen LogP contribution is -2.28. The Bertz CT molecular complexity index is 1030. The number of hydrogen-bond acceptors (Lipinski definition) is 4. The fourth-order valence-corrected chi connectivity index (χ4v) is 3.11. The molecule has 1 N–H and O–H groups in total. The number of ether oxygens (including phenoxy) is 1. The molecule has 5 nitrogen and oxygen atoms in total. The third-order valence-electron chi connectivity index (χ3n) is 4.80. The molecule has 2 aromatic carbocycles. The predicted molar refractivity (Wildman–Crippen MR) is 114 cm³/mol. The van der Waals surface area contributed by atoms with Crippen molar-refractivity contribution in [2.45, 2.75) is 33.6 Å². The van der Waals surface area contributed by atoms with Gasteiger partial charge in [0, 0.05) is 11.8 Å². The van der Waals surface area contributed by atoms with Crippen molar-refractivity contribution in [1.29, 1.82) is 0 Å². The van der Waals surface area contributed by atoms with Crippen molar-refractivity contribution in [3.8, 4) is 0 Å². The summed E-state index contributed by atoms with van der Waals surface area (Å²) in [5.41, 5.74) is 5.38. The molecule has 150 valence electrons. The van der Waals surface area contributed by atoms with Crippen LogP contribution in [0.2, 0.25) is 0 Å². The summed E-state index contributed by atoms with van der Waals surface area (Å²) in [6.45, 7) is 6.24. The van der Waals surface area contributed by atoms with Crippen LogP contribution in [-0.2, 0) is 16.0 Å². The normalized spacial score (nSPS) is 10.7. The van der Waals surface area contributed by atoms with Crippen LogP contribution in [0.5, 0.6) is 0 Å². The van der Waals surface area contributed by atoms with E-state index < -0.39 is 5.97 Å². The maximum absolute atomic E-state index is 12.4. The number of nitrogens with one attached hydrogen (secondary N) is 1. The third kappa shape index (κ3) is 5.64. The Morgan fingerprint density at radius 1 is 0.966 bits per heavy atom. The van der Waals surface area contributed by atoms with E-state index in [1.165, 1.54) is 5.56 Å². The van der Waals surface area contributed by atoms with E-state index in [1.807, 2.05) is 62.4 Å². The number of benzene rings is 2. The molecule has 0 saturated heterocycles. The molecular weight excluding hydrogens is 364 g/mol. The smallest absolute Gasteiger partial charge is 0.340 e. The second kappa shape index (κ2) is 9.32. The first-order chi connectivity index (χ1) is 13.9. The van der Waals surface area contributed by atoms with Crippen molar-refractivity contribution in [1.82, 2.24) is 10.3 Å². The minimum atomic E-state index is -0.424. The first-order valence-corrected chi connectivity index (χ1v) is 9.80. The lowest BCUT2D eigenvalue weighted by Gasteiger charge is -2.09. The molecule has 1 aromatic heterocycles. The van der Waals surface area contributed by atoms with Gasteiger partial charge in [-0.3, -0.25) is 9.78 Å². The van der Waals surface area contributed by atoms with Gasteiger partial charge in [-0.25, -0.2) is 4.79 Å². The lowest BCUT2D eigenvalue weighted by atomic mass is 10.1. The number of pyridine rings is 1. The Balaban J connectivity index is 1.46. The second-order valence-electron chi connectivity index (χ2n) is 7.29. The largest absolute Gasteiger partial charge is 0.460 e. The van der Waals surface area contributed by atoms with Crippen LogP contribution in [0.1, 0.15) is 39.2 Å². The van der Waals surface area contributed by atoms with Gasteiger partial charge < -0.3 is 10.1 Å². The minimum Gasteiger partial charge on any atom is -0.460 e.